The molecule has 4 rings (SSSR count). The van der Waals surface area contributed by atoms with E-state index in [1.54, 1.807) is 28.0 Å². The van der Waals surface area contributed by atoms with E-state index in [9.17, 15) is 18.8 Å². The Labute approximate surface area is 153 Å². The summed E-state index contributed by atoms with van der Waals surface area (Å²) in [6, 6.07) is 10.2. The number of nitrogens with zero attached hydrogens (tertiary/aromatic N) is 2. The number of aromatic nitrogens is 1. The zero-order valence-corrected chi connectivity index (χ0v) is 14.3. The Bertz CT molecular complexity index is 1060. The minimum absolute atomic E-state index is 0.173. The molecule has 2 heterocycles. The summed E-state index contributed by atoms with van der Waals surface area (Å²) in [5.41, 5.74) is 1.73. The predicted molar refractivity (Wildman–Crippen MR) is 95.0 cm³/mol. The maximum atomic E-state index is 13.0. The van der Waals surface area contributed by atoms with Gasteiger partial charge in [-0.25, -0.2) is 9.18 Å². The molecule has 138 valence electrons. The molecule has 0 unspecified atom stereocenters. The first-order valence-electron chi connectivity index (χ1n) is 8.48. The average Bonchev–Trinajstić information content (AvgIpc) is 3.07. The van der Waals surface area contributed by atoms with Crippen molar-refractivity contribution in [3.05, 3.63) is 70.0 Å². The van der Waals surface area contributed by atoms with Gasteiger partial charge in [-0.2, -0.15) is 0 Å². The fourth-order valence-corrected chi connectivity index (χ4v) is 3.16. The number of carbonyl (C=O) groups excluding carboxylic acids is 2. The first-order chi connectivity index (χ1) is 13.0. The summed E-state index contributed by atoms with van der Waals surface area (Å²) in [6.45, 7) is 1.58. The van der Waals surface area contributed by atoms with Crippen LogP contribution in [0.5, 0.6) is 0 Å². The van der Waals surface area contributed by atoms with Crippen LogP contribution in [0.25, 0.3) is 11.1 Å². The first kappa shape index (κ1) is 17.0. The highest BCUT2D eigenvalue weighted by Crippen LogP contribution is 2.16. The normalized spacial score (nSPS) is 14.6. The summed E-state index contributed by atoms with van der Waals surface area (Å²) in [5, 5.41) is 0. The summed E-state index contributed by atoms with van der Waals surface area (Å²) >= 11 is 0. The number of piperazine rings is 1. The summed E-state index contributed by atoms with van der Waals surface area (Å²) < 4.78 is 17.9. The van der Waals surface area contributed by atoms with Gasteiger partial charge in [0.2, 0.25) is 0 Å². The molecule has 0 saturated carbocycles. The fourth-order valence-electron chi connectivity index (χ4n) is 3.16. The number of hydrogen-bond donors (Lipinski definition) is 1. The Kier molecular flexibility index (Phi) is 4.23. The van der Waals surface area contributed by atoms with Gasteiger partial charge < -0.3 is 14.2 Å². The van der Waals surface area contributed by atoms with Gasteiger partial charge >= 0.3 is 5.76 Å². The van der Waals surface area contributed by atoms with Gasteiger partial charge in [0, 0.05) is 37.3 Å². The van der Waals surface area contributed by atoms with E-state index in [0.29, 0.717) is 48.4 Å². The quantitative estimate of drug-likeness (QED) is 0.747. The Morgan fingerprint density at radius 3 is 2.07 bits per heavy atom. The molecule has 0 bridgehead atoms. The molecule has 2 amide bonds. The Morgan fingerprint density at radius 1 is 0.889 bits per heavy atom. The molecular weight excluding hydrogens is 353 g/mol. The van der Waals surface area contributed by atoms with Gasteiger partial charge in [-0.3, -0.25) is 14.6 Å². The smallest absolute Gasteiger partial charge is 0.408 e. The number of halogens is 1. The van der Waals surface area contributed by atoms with Crippen LogP contribution in [0, 0.1) is 5.82 Å². The largest absolute Gasteiger partial charge is 0.417 e. The second-order valence-electron chi connectivity index (χ2n) is 6.32. The molecule has 1 aliphatic rings. The summed E-state index contributed by atoms with van der Waals surface area (Å²) in [7, 11) is 0. The lowest BCUT2D eigenvalue weighted by atomic mass is 10.1. The Morgan fingerprint density at radius 2 is 1.44 bits per heavy atom. The zero-order valence-electron chi connectivity index (χ0n) is 14.3. The minimum atomic E-state index is -0.567. The van der Waals surface area contributed by atoms with Crippen molar-refractivity contribution in [1.29, 1.82) is 0 Å². The lowest BCUT2D eigenvalue weighted by Crippen LogP contribution is -2.50. The van der Waals surface area contributed by atoms with Crippen molar-refractivity contribution < 1.29 is 18.4 Å². The molecule has 0 radical (unpaired) electrons. The summed E-state index contributed by atoms with van der Waals surface area (Å²) in [4.78, 5) is 42.2. The van der Waals surface area contributed by atoms with Crippen molar-refractivity contribution in [2.75, 3.05) is 26.2 Å². The van der Waals surface area contributed by atoms with Gasteiger partial charge in [0.05, 0.1) is 5.52 Å². The number of hydrogen-bond acceptors (Lipinski definition) is 4. The molecule has 2 aromatic carbocycles. The van der Waals surface area contributed by atoms with Crippen LogP contribution in [0.1, 0.15) is 20.7 Å². The van der Waals surface area contributed by atoms with E-state index >= 15 is 0 Å². The molecule has 0 spiro atoms. The number of fused-ring (bicyclic) bond motifs is 1. The van der Waals surface area contributed by atoms with Crippen molar-refractivity contribution in [1.82, 2.24) is 14.8 Å². The van der Waals surface area contributed by atoms with Crippen molar-refractivity contribution in [2.24, 2.45) is 0 Å². The highest BCUT2D eigenvalue weighted by molar-refractivity contribution is 5.97. The highest BCUT2D eigenvalue weighted by Gasteiger charge is 2.25. The van der Waals surface area contributed by atoms with Crippen LogP contribution in [0.2, 0.25) is 0 Å². The van der Waals surface area contributed by atoms with Crippen LogP contribution < -0.4 is 5.76 Å². The second kappa shape index (κ2) is 6.71. The monoisotopic (exact) mass is 369 g/mol. The molecule has 1 N–H and O–H groups in total. The number of H-pyrrole nitrogens is 1. The number of carbonyl (C=O) groups is 2. The van der Waals surface area contributed by atoms with Gasteiger partial charge in [0.15, 0.2) is 5.58 Å². The van der Waals surface area contributed by atoms with E-state index in [0.717, 1.165) is 0 Å². The SMILES string of the molecule is O=C(c1ccc(F)cc1)N1CCN(C(=O)c2ccc3oc(=O)[nH]c3c2)CC1. The van der Waals surface area contributed by atoms with E-state index in [2.05, 4.69) is 4.98 Å². The maximum Gasteiger partial charge on any atom is 0.417 e. The zero-order chi connectivity index (χ0) is 19.0. The highest BCUT2D eigenvalue weighted by atomic mass is 19.1. The van der Waals surface area contributed by atoms with Gasteiger partial charge in [-0.15, -0.1) is 0 Å². The van der Waals surface area contributed by atoms with Crippen molar-refractivity contribution in [3.8, 4) is 0 Å². The molecule has 7 nitrogen and oxygen atoms in total. The van der Waals surface area contributed by atoms with E-state index in [4.69, 9.17) is 4.42 Å². The van der Waals surface area contributed by atoms with Crippen molar-refractivity contribution in [2.45, 2.75) is 0 Å². The van der Waals surface area contributed by atoms with E-state index in [1.165, 1.54) is 24.3 Å². The molecule has 1 fully saturated rings. The topological polar surface area (TPSA) is 86.6 Å². The number of nitrogens with one attached hydrogen (secondary N) is 1. The molecule has 0 atom stereocenters. The van der Waals surface area contributed by atoms with Crippen LogP contribution >= 0.6 is 0 Å². The minimum Gasteiger partial charge on any atom is -0.408 e. The molecule has 0 aliphatic carbocycles. The molecule has 1 aliphatic heterocycles. The number of rotatable bonds is 2. The third kappa shape index (κ3) is 3.33. The van der Waals surface area contributed by atoms with Gasteiger partial charge in [-0.05, 0) is 42.5 Å². The maximum absolute atomic E-state index is 13.0. The van der Waals surface area contributed by atoms with Crippen LogP contribution in [0.4, 0.5) is 4.39 Å². The van der Waals surface area contributed by atoms with Gasteiger partial charge in [0.25, 0.3) is 11.8 Å². The molecule has 27 heavy (non-hydrogen) atoms. The van der Waals surface area contributed by atoms with Crippen molar-refractivity contribution >= 4 is 22.9 Å². The second-order valence-corrected chi connectivity index (χ2v) is 6.32. The number of aromatic amines is 1. The number of amides is 2. The van der Waals surface area contributed by atoms with E-state index in [1.807, 2.05) is 0 Å². The molecule has 1 aromatic heterocycles. The summed E-state index contributed by atoms with van der Waals surface area (Å²) in [6.07, 6.45) is 0. The average molecular weight is 369 g/mol. The van der Waals surface area contributed by atoms with Crippen LogP contribution in [-0.2, 0) is 0 Å². The third-order valence-corrected chi connectivity index (χ3v) is 4.61. The van der Waals surface area contributed by atoms with Crippen LogP contribution in [0.3, 0.4) is 0 Å². The third-order valence-electron chi connectivity index (χ3n) is 4.61. The summed E-state index contributed by atoms with van der Waals surface area (Å²) in [5.74, 6) is -1.31. The van der Waals surface area contributed by atoms with E-state index < -0.39 is 11.6 Å². The molecule has 8 heteroatoms. The lowest BCUT2D eigenvalue weighted by molar-refractivity contribution is 0.0535. The predicted octanol–water partition coefficient (Wildman–Crippen LogP) is 1.86. The number of oxazole rings is 1. The van der Waals surface area contributed by atoms with Crippen LogP contribution in [0.15, 0.2) is 51.7 Å². The first-order valence-corrected chi connectivity index (χ1v) is 8.48. The van der Waals surface area contributed by atoms with E-state index in [-0.39, 0.29) is 11.8 Å². The lowest BCUT2D eigenvalue weighted by Gasteiger charge is -2.34. The Hall–Kier alpha value is -3.42. The van der Waals surface area contributed by atoms with Crippen LogP contribution in [-0.4, -0.2) is 52.8 Å². The fraction of sp³-hybridized carbons (Fsp3) is 0.211. The molecule has 3 aromatic rings. The standard InChI is InChI=1S/C19H16FN3O4/c20-14-4-1-12(2-5-14)17(24)22-7-9-23(10-8-22)18(25)13-3-6-16-15(11-13)21-19(26)27-16/h1-6,11H,7-10H2,(H,21,26). The Balaban J connectivity index is 1.43. The molecule has 1 saturated heterocycles. The van der Waals surface area contributed by atoms with Gasteiger partial charge in [-0.1, -0.05) is 0 Å². The number of benzene rings is 2. The molecular formula is C19H16FN3O4. The van der Waals surface area contributed by atoms with Crippen molar-refractivity contribution in [3.63, 3.8) is 0 Å². The van der Waals surface area contributed by atoms with Gasteiger partial charge in [0.1, 0.15) is 5.82 Å².